The number of nitrogens with one attached hydrogen (secondary N) is 1. The van der Waals surface area contributed by atoms with Gasteiger partial charge in [0.25, 0.3) is 5.91 Å². The number of aromatic hydroxyl groups is 1. The minimum absolute atomic E-state index is 0.00457. The van der Waals surface area contributed by atoms with Gasteiger partial charge in [0.05, 0.1) is 12.5 Å². The Morgan fingerprint density at radius 2 is 1.64 bits per heavy atom. The molecule has 2 aliphatic heterocycles. The van der Waals surface area contributed by atoms with Gasteiger partial charge in [0.1, 0.15) is 11.6 Å². The third-order valence-corrected chi connectivity index (χ3v) is 7.67. The molecular weight excluding hydrogens is 533 g/mol. The van der Waals surface area contributed by atoms with Gasteiger partial charge in [0, 0.05) is 50.9 Å². The lowest BCUT2D eigenvalue weighted by atomic mass is 9.96. The van der Waals surface area contributed by atoms with Crippen LogP contribution < -0.4 is 5.32 Å². The topological polar surface area (TPSA) is 82.1 Å². The fourth-order valence-corrected chi connectivity index (χ4v) is 5.48. The number of hydrogen-bond acceptors (Lipinski definition) is 6. The zero-order valence-electron chi connectivity index (χ0n) is 24.6. The summed E-state index contributed by atoms with van der Waals surface area (Å²) in [6.45, 7) is 9.63. The number of rotatable bonds is 7. The van der Waals surface area contributed by atoms with Crippen molar-refractivity contribution in [3.63, 3.8) is 0 Å². The maximum atomic E-state index is 12.8. The number of benzene rings is 3. The van der Waals surface area contributed by atoms with E-state index in [1.807, 2.05) is 53.4 Å². The van der Waals surface area contributed by atoms with Gasteiger partial charge in [0.2, 0.25) is 0 Å². The van der Waals surface area contributed by atoms with Gasteiger partial charge in [-0.05, 0) is 86.2 Å². The van der Waals surface area contributed by atoms with E-state index >= 15 is 0 Å². The molecule has 3 aromatic carbocycles. The second-order valence-corrected chi connectivity index (χ2v) is 11.1. The highest BCUT2D eigenvalue weighted by atomic mass is 19.1. The summed E-state index contributed by atoms with van der Waals surface area (Å²) in [5, 5.41) is 13.0. The second-order valence-electron chi connectivity index (χ2n) is 11.1. The fraction of sp³-hybridized carbons (Fsp3) is 0.412. The lowest BCUT2D eigenvalue weighted by molar-refractivity contribution is -0.149. The number of likely N-dealkylation sites (tertiary alicyclic amines) is 1. The number of piperazine rings is 1. The van der Waals surface area contributed by atoms with Crippen LogP contribution >= 0.6 is 0 Å². The SMILES string of the molecule is CC1CN(Cc2ccc(F)cc2)CCN1.CCOC(=O)C1CCN(C(=O)c2cccc(Cc3cccc(O)c3)c2)CC1. The number of piperidine rings is 1. The predicted octanol–water partition coefficient (Wildman–Crippen LogP) is 5.02. The number of hydrogen-bond donors (Lipinski definition) is 2. The summed E-state index contributed by atoms with van der Waals surface area (Å²) >= 11 is 0. The molecule has 0 spiro atoms. The average molecular weight is 576 g/mol. The molecule has 3 aromatic rings. The predicted molar refractivity (Wildman–Crippen MR) is 162 cm³/mol. The second kappa shape index (κ2) is 15.5. The molecule has 2 aliphatic rings. The van der Waals surface area contributed by atoms with Crippen molar-refractivity contribution in [3.8, 4) is 5.75 Å². The van der Waals surface area contributed by atoms with Gasteiger partial charge < -0.3 is 20.1 Å². The van der Waals surface area contributed by atoms with Crippen LogP contribution in [0.25, 0.3) is 0 Å². The van der Waals surface area contributed by atoms with E-state index in [2.05, 4.69) is 17.1 Å². The van der Waals surface area contributed by atoms with Gasteiger partial charge in [-0.2, -0.15) is 0 Å². The van der Waals surface area contributed by atoms with Crippen molar-refractivity contribution < 1.29 is 23.8 Å². The van der Waals surface area contributed by atoms with E-state index in [4.69, 9.17) is 4.74 Å². The summed E-state index contributed by atoms with van der Waals surface area (Å²) in [4.78, 5) is 28.9. The molecule has 0 aromatic heterocycles. The molecule has 2 heterocycles. The van der Waals surface area contributed by atoms with Crippen molar-refractivity contribution >= 4 is 11.9 Å². The molecule has 1 amide bonds. The fourth-order valence-electron chi connectivity index (χ4n) is 5.48. The van der Waals surface area contributed by atoms with E-state index in [1.54, 1.807) is 19.1 Å². The van der Waals surface area contributed by atoms with Crippen LogP contribution in [0, 0.1) is 11.7 Å². The van der Waals surface area contributed by atoms with Crippen LogP contribution in [0.15, 0.2) is 72.8 Å². The van der Waals surface area contributed by atoms with Crippen molar-refractivity contribution in [1.29, 1.82) is 0 Å². The maximum Gasteiger partial charge on any atom is 0.309 e. The highest BCUT2D eigenvalue weighted by molar-refractivity contribution is 5.94. The van der Waals surface area contributed by atoms with Crippen LogP contribution in [0.2, 0.25) is 0 Å². The monoisotopic (exact) mass is 575 g/mol. The molecule has 2 N–H and O–H groups in total. The van der Waals surface area contributed by atoms with Gasteiger partial charge in [-0.3, -0.25) is 14.5 Å². The van der Waals surface area contributed by atoms with Crippen LogP contribution in [0.4, 0.5) is 4.39 Å². The number of ether oxygens (including phenoxy) is 1. The first-order valence-electron chi connectivity index (χ1n) is 14.8. The Labute approximate surface area is 248 Å². The molecule has 1 atom stereocenters. The summed E-state index contributed by atoms with van der Waals surface area (Å²) < 4.78 is 17.8. The Morgan fingerprint density at radius 1 is 0.952 bits per heavy atom. The minimum Gasteiger partial charge on any atom is -0.508 e. The van der Waals surface area contributed by atoms with Crippen LogP contribution in [0.3, 0.4) is 0 Å². The molecule has 8 heteroatoms. The molecule has 0 bridgehead atoms. The highest BCUT2D eigenvalue weighted by Crippen LogP contribution is 2.22. The molecule has 224 valence electrons. The maximum absolute atomic E-state index is 12.8. The standard InChI is InChI=1S/C22H25NO4.C12H17FN2/c1-2-27-22(26)18-9-11-23(12-10-18)21(25)19-7-3-5-16(14-19)13-17-6-4-8-20(24)15-17;1-10-8-15(7-6-14-10)9-11-2-4-12(13)5-3-11/h3-8,14-15,18,24H,2,9-13H2,1H3;2-5,10,14H,6-9H2,1H3. The lowest BCUT2D eigenvalue weighted by Gasteiger charge is -2.31. The van der Waals surface area contributed by atoms with Crippen LogP contribution in [0.1, 0.15) is 53.7 Å². The van der Waals surface area contributed by atoms with Gasteiger partial charge in [-0.25, -0.2) is 4.39 Å². The quantitative estimate of drug-likeness (QED) is 0.385. The first-order valence-corrected chi connectivity index (χ1v) is 14.8. The number of carbonyl (C=O) groups is 2. The molecule has 0 aliphatic carbocycles. The van der Waals surface area contributed by atoms with E-state index in [1.165, 1.54) is 17.7 Å². The Bertz CT molecular complexity index is 1310. The average Bonchev–Trinajstić information content (AvgIpc) is 2.99. The molecule has 2 fully saturated rings. The van der Waals surface area contributed by atoms with Crippen molar-refractivity contribution in [2.45, 2.75) is 45.7 Å². The third kappa shape index (κ3) is 9.39. The first-order chi connectivity index (χ1) is 20.3. The smallest absolute Gasteiger partial charge is 0.309 e. The Balaban J connectivity index is 0.000000227. The zero-order valence-corrected chi connectivity index (χ0v) is 24.6. The van der Waals surface area contributed by atoms with Gasteiger partial charge in [-0.1, -0.05) is 36.4 Å². The van der Waals surface area contributed by atoms with Crippen molar-refractivity contribution in [1.82, 2.24) is 15.1 Å². The molecule has 1 unspecified atom stereocenters. The van der Waals surface area contributed by atoms with Crippen molar-refractivity contribution in [2.24, 2.45) is 5.92 Å². The van der Waals surface area contributed by atoms with Gasteiger partial charge in [-0.15, -0.1) is 0 Å². The van der Waals surface area contributed by atoms with E-state index in [9.17, 15) is 19.1 Å². The number of nitrogens with zero attached hydrogens (tertiary/aromatic N) is 2. The van der Waals surface area contributed by atoms with Crippen LogP contribution in [0.5, 0.6) is 5.75 Å². The minimum atomic E-state index is -0.160. The molecule has 7 nitrogen and oxygen atoms in total. The van der Waals surface area contributed by atoms with E-state index in [0.29, 0.717) is 50.6 Å². The van der Waals surface area contributed by atoms with Crippen molar-refractivity contribution in [2.75, 3.05) is 39.3 Å². The van der Waals surface area contributed by atoms with E-state index in [-0.39, 0.29) is 29.4 Å². The Morgan fingerprint density at radius 3 is 2.31 bits per heavy atom. The Kier molecular flexibility index (Phi) is 11.5. The molecule has 5 rings (SSSR count). The third-order valence-electron chi connectivity index (χ3n) is 7.67. The van der Waals surface area contributed by atoms with Gasteiger partial charge >= 0.3 is 5.97 Å². The Hall–Kier alpha value is -3.75. The largest absolute Gasteiger partial charge is 0.508 e. The number of phenolic OH excluding ortho intramolecular Hbond substituents is 1. The van der Waals surface area contributed by atoms with E-state index in [0.717, 1.165) is 37.3 Å². The number of amides is 1. The molecule has 42 heavy (non-hydrogen) atoms. The number of carbonyl (C=O) groups excluding carboxylic acids is 2. The number of phenols is 1. The number of halogens is 1. The molecule has 0 saturated carbocycles. The highest BCUT2D eigenvalue weighted by Gasteiger charge is 2.28. The summed E-state index contributed by atoms with van der Waals surface area (Å²) in [6.07, 6.45) is 1.95. The molecule has 2 saturated heterocycles. The molecular formula is C34H42FN3O4. The molecule has 0 radical (unpaired) electrons. The summed E-state index contributed by atoms with van der Waals surface area (Å²) in [5.74, 6) is -0.185. The van der Waals surface area contributed by atoms with E-state index < -0.39 is 0 Å². The summed E-state index contributed by atoms with van der Waals surface area (Å²) in [6, 6.07) is 22.1. The number of esters is 1. The van der Waals surface area contributed by atoms with Gasteiger partial charge in [0.15, 0.2) is 0 Å². The normalized spacial score (nSPS) is 17.7. The lowest BCUT2D eigenvalue weighted by Crippen LogP contribution is -2.48. The summed E-state index contributed by atoms with van der Waals surface area (Å²) in [5.41, 5.74) is 3.86. The van der Waals surface area contributed by atoms with Crippen molar-refractivity contribution in [3.05, 3.63) is 101 Å². The van der Waals surface area contributed by atoms with Crippen LogP contribution in [-0.2, 0) is 22.5 Å². The first kappa shape index (κ1) is 31.2. The zero-order chi connectivity index (χ0) is 29.9. The summed E-state index contributed by atoms with van der Waals surface area (Å²) in [7, 11) is 0. The van der Waals surface area contributed by atoms with Crippen LogP contribution in [-0.4, -0.2) is 72.2 Å².